The SMILES string of the molecule is Cn1c(=O)c2c(C(=O)NCCCN3CCOCC3)cc(=O)n(C)c2n(C)c1=O. The first-order valence-corrected chi connectivity index (χ1v) is 9.21. The van der Waals surface area contributed by atoms with Gasteiger partial charge >= 0.3 is 5.69 Å². The molecule has 0 aliphatic carbocycles. The van der Waals surface area contributed by atoms with Crippen molar-refractivity contribution in [2.24, 2.45) is 21.1 Å². The molecule has 3 rings (SSSR count). The molecule has 0 spiro atoms. The molecule has 0 saturated carbocycles. The normalized spacial score (nSPS) is 15.1. The van der Waals surface area contributed by atoms with Gasteiger partial charge < -0.3 is 10.1 Å². The Morgan fingerprint density at radius 1 is 1.07 bits per heavy atom. The highest BCUT2D eigenvalue weighted by Gasteiger charge is 2.20. The molecule has 0 bridgehead atoms. The molecule has 10 nitrogen and oxygen atoms in total. The maximum absolute atomic E-state index is 12.7. The summed E-state index contributed by atoms with van der Waals surface area (Å²) in [7, 11) is 4.28. The van der Waals surface area contributed by atoms with Gasteiger partial charge in [-0.2, -0.15) is 0 Å². The van der Waals surface area contributed by atoms with Gasteiger partial charge in [0.2, 0.25) is 0 Å². The first-order valence-electron chi connectivity index (χ1n) is 9.21. The molecule has 3 heterocycles. The summed E-state index contributed by atoms with van der Waals surface area (Å²) in [6.45, 7) is 4.42. The van der Waals surface area contributed by atoms with Crippen molar-refractivity contribution in [1.29, 1.82) is 0 Å². The van der Waals surface area contributed by atoms with Crippen LogP contribution in [0.2, 0.25) is 0 Å². The first-order chi connectivity index (χ1) is 13.3. The maximum Gasteiger partial charge on any atom is 0.332 e. The number of nitrogens with zero attached hydrogens (tertiary/aromatic N) is 4. The largest absolute Gasteiger partial charge is 0.379 e. The van der Waals surface area contributed by atoms with Crippen molar-refractivity contribution in [2.45, 2.75) is 6.42 Å². The zero-order valence-electron chi connectivity index (χ0n) is 16.4. The van der Waals surface area contributed by atoms with E-state index in [0.717, 1.165) is 36.7 Å². The van der Waals surface area contributed by atoms with Gasteiger partial charge in [-0.25, -0.2) is 4.79 Å². The molecule has 1 aliphatic rings. The standard InChI is InChI=1S/C18H25N5O5/c1-20-13(24)11-12(14-16(20)21(2)18(27)22(3)17(14)26)15(25)19-5-4-6-23-7-9-28-10-8-23/h11H,4-10H2,1-3H3,(H,19,25). The predicted octanol–water partition coefficient (Wildman–Crippen LogP) is -1.61. The quantitative estimate of drug-likeness (QED) is 0.615. The van der Waals surface area contributed by atoms with Crippen LogP contribution in [-0.4, -0.2) is 63.9 Å². The molecule has 1 fully saturated rings. The van der Waals surface area contributed by atoms with E-state index in [9.17, 15) is 19.2 Å². The molecule has 152 valence electrons. The van der Waals surface area contributed by atoms with Crippen LogP contribution in [0.25, 0.3) is 11.0 Å². The van der Waals surface area contributed by atoms with E-state index in [4.69, 9.17) is 4.74 Å². The molecule has 0 unspecified atom stereocenters. The topological polar surface area (TPSA) is 108 Å². The van der Waals surface area contributed by atoms with Crippen LogP contribution in [0.1, 0.15) is 16.8 Å². The number of rotatable bonds is 5. The van der Waals surface area contributed by atoms with E-state index in [1.807, 2.05) is 0 Å². The fourth-order valence-electron chi connectivity index (χ4n) is 3.46. The number of morpholine rings is 1. The Hall–Kier alpha value is -2.72. The van der Waals surface area contributed by atoms with Crippen LogP contribution in [-0.2, 0) is 25.9 Å². The van der Waals surface area contributed by atoms with Gasteiger partial charge in [-0.15, -0.1) is 0 Å². The average Bonchev–Trinajstić information content (AvgIpc) is 2.70. The highest BCUT2D eigenvalue weighted by atomic mass is 16.5. The van der Waals surface area contributed by atoms with Gasteiger partial charge in [0.15, 0.2) is 0 Å². The van der Waals surface area contributed by atoms with Gasteiger partial charge in [-0.05, 0) is 13.0 Å². The summed E-state index contributed by atoms with van der Waals surface area (Å²) in [6, 6.07) is 1.14. The molecule has 0 atom stereocenters. The van der Waals surface area contributed by atoms with E-state index in [1.54, 1.807) is 0 Å². The zero-order chi connectivity index (χ0) is 20.4. The summed E-state index contributed by atoms with van der Waals surface area (Å²) < 4.78 is 8.64. The molecular weight excluding hydrogens is 366 g/mol. The second-order valence-corrected chi connectivity index (χ2v) is 6.92. The number of carbonyl (C=O) groups is 1. The minimum absolute atomic E-state index is 0.0133. The van der Waals surface area contributed by atoms with Crippen molar-refractivity contribution in [2.75, 3.05) is 39.4 Å². The van der Waals surface area contributed by atoms with Crippen molar-refractivity contribution in [3.05, 3.63) is 42.8 Å². The molecule has 10 heteroatoms. The van der Waals surface area contributed by atoms with E-state index < -0.39 is 22.7 Å². The zero-order valence-corrected chi connectivity index (χ0v) is 16.4. The monoisotopic (exact) mass is 391 g/mol. The van der Waals surface area contributed by atoms with Crippen molar-refractivity contribution in [1.82, 2.24) is 23.9 Å². The molecule has 2 aromatic heterocycles. The van der Waals surface area contributed by atoms with E-state index in [2.05, 4.69) is 10.2 Å². The van der Waals surface area contributed by atoms with Crippen molar-refractivity contribution < 1.29 is 9.53 Å². The Morgan fingerprint density at radius 2 is 1.75 bits per heavy atom. The first kappa shape index (κ1) is 20.0. The number of aromatic nitrogens is 3. The Morgan fingerprint density at radius 3 is 2.43 bits per heavy atom. The lowest BCUT2D eigenvalue weighted by Crippen LogP contribution is -2.41. The second kappa shape index (κ2) is 8.11. The van der Waals surface area contributed by atoms with Crippen molar-refractivity contribution >= 4 is 16.9 Å². The van der Waals surface area contributed by atoms with Crippen LogP contribution in [0.3, 0.4) is 0 Å². The lowest BCUT2D eigenvalue weighted by atomic mass is 10.1. The second-order valence-electron chi connectivity index (χ2n) is 6.92. The number of ether oxygens (including phenoxy) is 1. The molecule has 1 saturated heterocycles. The van der Waals surface area contributed by atoms with Crippen LogP contribution >= 0.6 is 0 Å². The van der Waals surface area contributed by atoms with Gasteiger partial charge in [0.25, 0.3) is 17.0 Å². The van der Waals surface area contributed by atoms with Crippen LogP contribution in [0.15, 0.2) is 20.4 Å². The molecule has 0 radical (unpaired) electrons. The maximum atomic E-state index is 12.7. The number of hydrogen-bond donors (Lipinski definition) is 1. The van der Waals surface area contributed by atoms with Crippen LogP contribution < -0.4 is 22.1 Å². The third-order valence-corrected chi connectivity index (χ3v) is 5.10. The highest BCUT2D eigenvalue weighted by Crippen LogP contribution is 2.10. The number of fused-ring (bicyclic) bond motifs is 1. The average molecular weight is 391 g/mol. The minimum atomic E-state index is -0.604. The molecule has 2 aromatic rings. The third kappa shape index (κ3) is 3.65. The Labute approximate surface area is 160 Å². The van der Waals surface area contributed by atoms with Crippen molar-refractivity contribution in [3.8, 4) is 0 Å². The summed E-state index contributed by atoms with van der Waals surface area (Å²) in [5.74, 6) is -0.500. The summed E-state index contributed by atoms with van der Waals surface area (Å²) in [5, 5.41) is 2.83. The van der Waals surface area contributed by atoms with E-state index in [0.29, 0.717) is 19.8 Å². The molecule has 1 N–H and O–H groups in total. The minimum Gasteiger partial charge on any atom is -0.379 e. The lowest BCUT2D eigenvalue weighted by molar-refractivity contribution is 0.0374. The molecule has 0 aromatic carbocycles. The number of hydrogen-bond acceptors (Lipinski definition) is 6. The summed E-state index contributed by atoms with van der Waals surface area (Å²) >= 11 is 0. The third-order valence-electron chi connectivity index (χ3n) is 5.10. The molecular formula is C18H25N5O5. The number of amides is 1. The Balaban J connectivity index is 1.87. The summed E-state index contributed by atoms with van der Waals surface area (Å²) in [4.78, 5) is 52.1. The van der Waals surface area contributed by atoms with E-state index >= 15 is 0 Å². The summed E-state index contributed by atoms with van der Waals surface area (Å²) in [5.41, 5.74) is -1.52. The number of pyridine rings is 1. The number of aryl methyl sites for hydroxylation is 2. The van der Waals surface area contributed by atoms with E-state index in [-0.39, 0.29) is 16.6 Å². The van der Waals surface area contributed by atoms with Crippen LogP contribution in [0.5, 0.6) is 0 Å². The lowest BCUT2D eigenvalue weighted by Gasteiger charge is -2.26. The smallest absolute Gasteiger partial charge is 0.332 e. The molecule has 1 aliphatic heterocycles. The summed E-state index contributed by atoms with van der Waals surface area (Å²) in [6.07, 6.45) is 0.741. The van der Waals surface area contributed by atoms with E-state index in [1.165, 1.54) is 30.3 Å². The van der Waals surface area contributed by atoms with Gasteiger partial charge in [0, 0.05) is 46.8 Å². The number of carbonyl (C=O) groups excluding carboxylic acids is 1. The van der Waals surface area contributed by atoms with Gasteiger partial charge in [-0.1, -0.05) is 0 Å². The van der Waals surface area contributed by atoms with Crippen molar-refractivity contribution in [3.63, 3.8) is 0 Å². The number of nitrogens with one attached hydrogen (secondary N) is 1. The predicted molar refractivity (Wildman–Crippen MR) is 104 cm³/mol. The molecule has 28 heavy (non-hydrogen) atoms. The Bertz CT molecular complexity index is 1070. The van der Waals surface area contributed by atoms with Crippen LogP contribution in [0.4, 0.5) is 0 Å². The van der Waals surface area contributed by atoms with Gasteiger partial charge in [-0.3, -0.25) is 33.0 Å². The highest BCUT2D eigenvalue weighted by molar-refractivity contribution is 6.05. The molecule has 1 amide bonds. The fourth-order valence-corrected chi connectivity index (χ4v) is 3.46. The fraction of sp³-hybridized carbons (Fsp3) is 0.556. The van der Waals surface area contributed by atoms with Gasteiger partial charge in [0.1, 0.15) is 5.65 Å². The Kier molecular flexibility index (Phi) is 5.80. The van der Waals surface area contributed by atoms with Gasteiger partial charge in [0.05, 0.1) is 24.2 Å². The van der Waals surface area contributed by atoms with Crippen LogP contribution in [0, 0.1) is 0 Å².